The van der Waals surface area contributed by atoms with Gasteiger partial charge in [0.1, 0.15) is 5.75 Å². The molecule has 1 aliphatic heterocycles. The van der Waals surface area contributed by atoms with Crippen molar-refractivity contribution >= 4 is 6.03 Å². The van der Waals surface area contributed by atoms with Crippen LogP contribution >= 0.6 is 0 Å². The molecule has 1 aliphatic rings. The molecular formula is C16H21F3N2O3. The molecule has 1 N–H and O–H groups in total. The smallest absolute Gasteiger partial charge is 0.416 e. The lowest BCUT2D eigenvalue weighted by Gasteiger charge is -2.35. The van der Waals surface area contributed by atoms with Crippen molar-refractivity contribution in [2.75, 3.05) is 20.2 Å². The van der Waals surface area contributed by atoms with E-state index in [4.69, 9.17) is 9.47 Å². The zero-order valence-electron chi connectivity index (χ0n) is 13.8. The van der Waals surface area contributed by atoms with Crippen LogP contribution in [0.25, 0.3) is 0 Å². The van der Waals surface area contributed by atoms with E-state index in [9.17, 15) is 18.0 Å². The first kappa shape index (κ1) is 18.4. The van der Waals surface area contributed by atoms with Gasteiger partial charge in [-0.3, -0.25) is 0 Å². The summed E-state index contributed by atoms with van der Waals surface area (Å²) in [6.45, 7) is 4.30. The Labute approximate surface area is 138 Å². The molecule has 0 saturated carbocycles. The average molecular weight is 346 g/mol. The number of hydrogen-bond donors (Lipinski definition) is 1. The number of ether oxygens (including phenoxy) is 2. The Balaban J connectivity index is 2.07. The lowest BCUT2D eigenvalue weighted by Crippen LogP contribution is -2.51. The van der Waals surface area contributed by atoms with Crippen molar-refractivity contribution in [3.05, 3.63) is 29.3 Å². The summed E-state index contributed by atoms with van der Waals surface area (Å²) in [6, 6.07) is 3.28. The number of benzene rings is 1. The second-order valence-electron chi connectivity index (χ2n) is 5.84. The molecule has 2 amide bonds. The number of hydrogen-bond acceptors (Lipinski definition) is 3. The first-order chi connectivity index (χ1) is 11.2. The molecule has 134 valence electrons. The molecule has 8 heteroatoms. The third-order valence-corrected chi connectivity index (χ3v) is 3.76. The zero-order valence-corrected chi connectivity index (χ0v) is 13.8. The summed E-state index contributed by atoms with van der Waals surface area (Å²) in [7, 11) is 1.30. The monoisotopic (exact) mass is 346 g/mol. The number of nitrogens with one attached hydrogen (secondary N) is 1. The maximum atomic E-state index is 13.2. The van der Waals surface area contributed by atoms with Gasteiger partial charge in [-0.15, -0.1) is 0 Å². The minimum absolute atomic E-state index is 0.00833. The van der Waals surface area contributed by atoms with Gasteiger partial charge in [0, 0.05) is 19.6 Å². The molecule has 2 atom stereocenters. The molecule has 0 bridgehead atoms. The van der Waals surface area contributed by atoms with Gasteiger partial charge in [0.15, 0.2) is 0 Å². The molecule has 0 spiro atoms. The molecular weight excluding hydrogens is 325 g/mol. The minimum atomic E-state index is -4.52. The first-order valence-electron chi connectivity index (χ1n) is 7.63. The van der Waals surface area contributed by atoms with Gasteiger partial charge in [-0.1, -0.05) is 6.07 Å². The van der Waals surface area contributed by atoms with Crippen LogP contribution in [0, 0.1) is 0 Å². The molecule has 1 fully saturated rings. The standard InChI is InChI=1S/C16H21F3N2O3/c1-10-8-21(9-11(2)24-10)15(22)20-7-12-4-5-13(23-3)6-14(12)16(17,18)19/h4-6,10-11H,7-9H2,1-3H3,(H,20,22). The quantitative estimate of drug-likeness (QED) is 0.915. The third-order valence-electron chi connectivity index (χ3n) is 3.76. The van der Waals surface area contributed by atoms with Gasteiger partial charge >= 0.3 is 12.2 Å². The van der Waals surface area contributed by atoms with E-state index < -0.39 is 17.8 Å². The van der Waals surface area contributed by atoms with E-state index in [0.717, 1.165) is 6.07 Å². The van der Waals surface area contributed by atoms with Crippen LogP contribution in [0.4, 0.5) is 18.0 Å². The summed E-state index contributed by atoms with van der Waals surface area (Å²) in [5.74, 6) is 0.119. The Morgan fingerprint density at radius 3 is 2.50 bits per heavy atom. The van der Waals surface area contributed by atoms with Crippen LogP contribution in [-0.2, 0) is 17.5 Å². The Hall–Kier alpha value is -1.96. The van der Waals surface area contributed by atoms with Crippen molar-refractivity contribution in [1.29, 1.82) is 0 Å². The first-order valence-corrected chi connectivity index (χ1v) is 7.63. The van der Waals surface area contributed by atoms with Gasteiger partial charge in [-0.2, -0.15) is 13.2 Å². The predicted molar refractivity (Wildman–Crippen MR) is 81.8 cm³/mol. The molecule has 24 heavy (non-hydrogen) atoms. The van der Waals surface area contributed by atoms with Crippen LogP contribution in [0.2, 0.25) is 0 Å². The Bertz CT molecular complexity index is 582. The highest BCUT2D eigenvalue weighted by atomic mass is 19.4. The zero-order chi connectivity index (χ0) is 17.9. The fourth-order valence-corrected chi connectivity index (χ4v) is 2.73. The van der Waals surface area contributed by atoms with Crippen molar-refractivity contribution in [3.8, 4) is 5.75 Å². The number of amides is 2. The Morgan fingerprint density at radius 2 is 1.96 bits per heavy atom. The van der Waals surface area contributed by atoms with Crippen LogP contribution < -0.4 is 10.1 Å². The molecule has 2 unspecified atom stereocenters. The summed E-state index contributed by atoms with van der Waals surface area (Å²) in [4.78, 5) is 13.8. The molecule has 2 rings (SSSR count). The van der Waals surface area contributed by atoms with Gasteiger partial charge in [0.05, 0.1) is 24.9 Å². The number of rotatable bonds is 3. The molecule has 5 nitrogen and oxygen atoms in total. The Kier molecular flexibility index (Phi) is 5.58. The summed E-state index contributed by atoms with van der Waals surface area (Å²) in [6.07, 6.45) is -4.73. The van der Waals surface area contributed by atoms with Crippen LogP contribution in [0.15, 0.2) is 18.2 Å². The van der Waals surface area contributed by atoms with E-state index in [1.165, 1.54) is 19.2 Å². The molecule has 1 aromatic rings. The molecule has 0 aromatic heterocycles. The van der Waals surface area contributed by atoms with Crippen LogP contribution in [0.3, 0.4) is 0 Å². The van der Waals surface area contributed by atoms with Gasteiger partial charge in [0.25, 0.3) is 0 Å². The average Bonchev–Trinajstić information content (AvgIpc) is 2.50. The number of urea groups is 1. The summed E-state index contributed by atoms with van der Waals surface area (Å²) >= 11 is 0. The highest BCUT2D eigenvalue weighted by Gasteiger charge is 2.34. The lowest BCUT2D eigenvalue weighted by molar-refractivity contribution is -0.138. The topological polar surface area (TPSA) is 50.8 Å². The van der Waals surface area contributed by atoms with Crippen molar-refractivity contribution in [2.24, 2.45) is 0 Å². The van der Waals surface area contributed by atoms with Gasteiger partial charge in [-0.05, 0) is 31.5 Å². The normalized spacial score (nSPS) is 21.5. The van der Waals surface area contributed by atoms with Crippen molar-refractivity contribution in [1.82, 2.24) is 10.2 Å². The highest BCUT2D eigenvalue weighted by molar-refractivity contribution is 5.74. The summed E-state index contributed by atoms with van der Waals surface area (Å²) in [5.41, 5.74) is -0.822. The van der Waals surface area contributed by atoms with Gasteiger partial charge in [-0.25, -0.2) is 4.79 Å². The third kappa shape index (κ3) is 4.53. The van der Waals surface area contributed by atoms with E-state index >= 15 is 0 Å². The molecule has 1 heterocycles. The van der Waals surface area contributed by atoms with Crippen LogP contribution in [0.1, 0.15) is 25.0 Å². The number of morpholine rings is 1. The highest BCUT2D eigenvalue weighted by Crippen LogP contribution is 2.34. The number of nitrogens with zero attached hydrogens (tertiary/aromatic N) is 1. The van der Waals surface area contributed by atoms with Gasteiger partial charge in [0.2, 0.25) is 0 Å². The maximum Gasteiger partial charge on any atom is 0.416 e. The van der Waals surface area contributed by atoms with Crippen LogP contribution in [-0.4, -0.2) is 43.3 Å². The van der Waals surface area contributed by atoms with Crippen molar-refractivity contribution in [3.63, 3.8) is 0 Å². The molecule has 0 radical (unpaired) electrons. The largest absolute Gasteiger partial charge is 0.497 e. The van der Waals surface area contributed by atoms with Crippen LogP contribution in [0.5, 0.6) is 5.75 Å². The number of halogens is 3. The minimum Gasteiger partial charge on any atom is -0.497 e. The maximum absolute atomic E-state index is 13.2. The second-order valence-corrected chi connectivity index (χ2v) is 5.84. The fraction of sp³-hybridized carbons (Fsp3) is 0.562. The molecule has 0 aliphatic carbocycles. The fourth-order valence-electron chi connectivity index (χ4n) is 2.73. The number of methoxy groups -OCH3 is 1. The van der Waals surface area contributed by atoms with E-state index in [1.54, 1.807) is 4.90 Å². The number of carbonyl (C=O) groups excluding carboxylic acids is 1. The van der Waals surface area contributed by atoms with Crippen molar-refractivity contribution in [2.45, 2.75) is 38.8 Å². The Morgan fingerprint density at radius 1 is 1.33 bits per heavy atom. The number of carbonyl (C=O) groups is 1. The van der Waals surface area contributed by atoms with E-state index in [-0.39, 0.29) is 30.1 Å². The van der Waals surface area contributed by atoms with Crippen molar-refractivity contribution < 1.29 is 27.4 Å². The lowest BCUT2D eigenvalue weighted by atomic mass is 10.1. The molecule has 1 saturated heterocycles. The van der Waals surface area contributed by atoms with E-state index in [2.05, 4.69) is 5.32 Å². The summed E-state index contributed by atoms with van der Waals surface area (Å²) in [5, 5.41) is 2.55. The number of alkyl halides is 3. The van der Waals surface area contributed by atoms with E-state index in [1.807, 2.05) is 13.8 Å². The SMILES string of the molecule is COc1ccc(CNC(=O)N2CC(C)OC(C)C2)c(C(F)(F)F)c1. The van der Waals surface area contributed by atoms with E-state index in [0.29, 0.717) is 13.1 Å². The second kappa shape index (κ2) is 7.29. The predicted octanol–water partition coefficient (Wildman–Crippen LogP) is 3.03. The summed E-state index contributed by atoms with van der Waals surface area (Å²) < 4.78 is 49.8. The molecule has 1 aromatic carbocycles. The van der Waals surface area contributed by atoms with Gasteiger partial charge < -0.3 is 19.7 Å².